The van der Waals surface area contributed by atoms with Gasteiger partial charge >= 0.3 is 6.18 Å². The molecule has 0 bridgehead atoms. The Morgan fingerprint density at radius 1 is 1.30 bits per heavy atom. The Morgan fingerprint density at radius 2 is 2.00 bits per heavy atom. The normalized spacial score (nSPS) is 13.3. The highest BCUT2D eigenvalue weighted by molar-refractivity contribution is 5.48. The van der Waals surface area contributed by atoms with Gasteiger partial charge in [0, 0.05) is 11.8 Å². The summed E-state index contributed by atoms with van der Waals surface area (Å²) in [5, 5.41) is 6.56. The lowest BCUT2D eigenvalue weighted by atomic mass is 10.1. The predicted octanol–water partition coefficient (Wildman–Crippen LogP) is 3.88. The van der Waals surface area contributed by atoms with E-state index in [4.69, 9.17) is 4.52 Å². The zero-order chi connectivity index (χ0) is 14.9. The molecule has 0 aliphatic rings. The lowest BCUT2D eigenvalue weighted by Gasteiger charge is -2.18. The molecule has 20 heavy (non-hydrogen) atoms. The van der Waals surface area contributed by atoms with Crippen LogP contribution in [0.25, 0.3) is 0 Å². The topological polar surface area (TPSA) is 51.0 Å². The maximum Gasteiger partial charge on any atom is 0.419 e. The smallest absolute Gasteiger partial charge is 0.363 e. The van der Waals surface area contributed by atoms with Crippen molar-refractivity contribution >= 4 is 5.82 Å². The summed E-state index contributed by atoms with van der Waals surface area (Å²) < 4.78 is 43.7. The maximum atomic E-state index is 12.9. The number of rotatable bonds is 3. The first-order valence-corrected chi connectivity index (χ1v) is 6.02. The molecule has 2 heterocycles. The zero-order valence-electron chi connectivity index (χ0n) is 11.2. The van der Waals surface area contributed by atoms with Gasteiger partial charge in [0.25, 0.3) is 0 Å². The Bertz CT molecular complexity index is 588. The summed E-state index contributed by atoms with van der Waals surface area (Å²) in [6.07, 6.45) is -3.13. The summed E-state index contributed by atoms with van der Waals surface area (Å²) >= 11 is 0. The second kappa shape index (κ2) is 5.15. The number of aromatic nitrogens is 2. The Hall–Kier alpha value is -2.05. The zero-order valence-corrected chi connectivity index (χ0v) is 11.2. The largest absolute Gasteiger partial charge is 0.419 e. The molecule has 7 heteroatoms. The highest BCUT2D eigenvalue weighted by atomic mass is 19.4. The SMILES string of the molecule is Cc1noc(C)c1C(C)Nc1ncccc1C(F)(F)F. The van der Waals surface area contributed by atoms with Gasteiger partial charge in [0.1, 0.15) is 11.6 Å². The van der Waals surface area contributed by atoms with Crippen molar-refractivity contribution in [2.24, 2.45) is 0 Å². The van der Waals surface area contributed by atoms with Crippen molar-refractivity contribution in [1.29, 1.82) is 0 Å². The molecule has 0 amide bonds. The van der Waals surface area contributed by atoms with E-state index in [1.807, 2.05) is 0 Å². The molecular weight excluding hydrogens is 271 g/mol. The van der Waals surface area contributed by atoms with Gasteiger partial charge in [-0.1, -0.05) is 5.16 Å². The molecule has 1 atom stereocenters. The first-order chi connectivity index (χ1) is 9.30. The van der Waals surface area contributed by atoms with Gasteiger partial charge in [0.2, 0.25) is 0 Å². The van der Waals surface area contributed by atoms with E-state index in [9.17, 15) is 13.2 Å². The number of hydrogen-bond acceptors (Lipinski definition) is 4. The second-order valence-electron chi connectivity index (χ2n) is 4.50. The first-order valence-electron chi connectivity index (χ1n) is 6.02. The molecule has 0 aliphatic carbocycles. The van der Waals surface area contributed by atoms with Crippen LogP contribution < -0.4 is 5.32 Å². The third-order valence-electron chi connectivity index (χ3n) is 2.99. The average Bonchev–Trinajstić information content (AvgIpc) is 2.68. The molecule has 1 N–H and O–H groups in total. The van der Waals surface area contributed by atoms with Crippen LogP contribution in [0, 0.1) is 13.8 Å². The van der Waals surface area contributed by atoms with Crippen molar-refractivity contribution in [3.05, 3.63) is 40.9 Å². The van der Waals surface area contributed by atoms with E-state index in [1.54, 1.807) is 20.8 Å². The molecule has 2 aromatic rings. The first kappa shape index (κ1) is 14.4. The van der Waals surface area contributed by atoms with E-state index < -0.39 is 17.8 Å². The molecular formula is C13H14F3N3O. The molecule has 0 aromatic carbocycles. The molecule has 0 aliphatic heterocycles. The summed E-state index contributed by atoms with van der Waals surface area (Å²) in [7, 11) is 0. The third kappa shape index (κ3) is 2.76. The quantitative estimate of drug-likeness (QED) is 0.929. The molecule has 4 nitrogen and oxygen atoms in total. The minimum atomic E-state index is -4.45. The monoisotopic (exact) mass is 285 g/mol. The molecule has 0 radical (unpaired) electrons. The number of alkyl halides is 3. The number of nitrogens with zero attached hydrogens (tertiary/aromatic N) is 2. The fourth-order valence-corrected chi connectivity index (χ4v) is 2.13. The predicted molar refractivity (Wildman–Crippen MR) is 67.3 cm³/mol. The Morgan fingerprint density at radius 3 is 2.55 bits per heavy atom. The Labute approximate surface area is 114 Å². The van der Waals surface area contributed by atoms with E-state index in [-0.39, 0.29) is 5.82 Å². The van der Waals surface area contributed by atoms with Gasteiger partial charge in [-0.05, 0) is 32.9 Å². The summed E-state index contributed by atoms with van der Waals surface area (Å²) in [4.78, 5) is 3.77. The van der Waals surface area contributed by atoms with E-state index in [0.717, 1.165) is 11.6 Å². The Balaban J connectivity index is 2.32. The molecule has 0 saturated carbocycles. The lowest BCUT2D eigenvalue weighted by Crippen LogP contribution is -2.15. The van der Waals surface area contributed by atoms with Crippen molar-refractivity contribution in [2.45, 2.75) is 33.0 Å². The minimum Gasteiger partial charge on any atom is -0.363 e. The van der Waals surface area contributed by atoms with Gasteiger partial charge in [-0.15, -0.1) is 0 Å². The molecule has 1 unspecified atom stereocenters. The fraction of sp³-hybridized carbons (Fsp3) is 0.385. The third-order valence-corrected chi connectivity index (χ3v) is 2.99. The van der Waals surface area contributed by atoms with Crippen LogP contribution >= 0.6 is 0 Å². The van der Waals surface area contributed by atoms with Crippen LogP contribution in [0.3, 0.4) is 0 Å². The van der Waals surface area contributed by atoms with E-state index in [2.05, 4.69) is 15.5 Å². The molecule has 2 aromatic heterocycles. The molecule has 108 valence electrons. The molecule has 0 spiro atoms. The number of pyridine rings is 1. The standard InChI is InChI=1S/C13H14F3N3O/c1-7(11-8(2)19-20-9(11)3)18-12-10(13(14,15)16)5-4-6-17-12/h4-7H,1-3H3,(H,17,18). The van der Waals surface area contributed by atoms with E-state index in [0.29, 0.717) is 11.5 Å². The van der Waals surface area contributed by atoms with Gasteiger partial charge in [-0.2, -0.15) is 13.2 Å². The fourth-order valence-electron chi connectivity index (χ4n) is 2.13. The average molecular weight is 285 g/mol. The highest BCUT2D eigenvalue weighted by Crippen LogP contribution is 2.35. The van der Waals surface area contributed by atoms with Crippen LogP contribution in [-0.2, 0) is 6.18 Å². The molecule has 2 rings (SSSR count). The molecule has 0 saturated heterocycles. The number of aryl methyl sites for hydroxylation is 2. The van der Waals surface area contributed by atoms with Crippen molar-refractivity contribution < 1.29 is 17.7 Å². The van der Waals surface area contributed by atoms with Crippen LogP contribution in [0.2, 0.25) is 0 Å². The summed E-state index contributed by atoms with van der Waals surface area (Å²) in [6.45, 7) is 5.20. The highest BCUT2D eigenvalue weighted by Gasteiger charge is 2.34. The maximum absolute atomic E-state index is 12.9. The molecule has 0 fully saturated rings. The summed E-state index contributed by atoms with van der Waals surface area (Å²) in [5.41, 5.74) is 0.592. The van der Waals surface area contributed by atoms with Crippen molar-refractivity contribution in [1.82, 2.24) is 10.1 Å². The number of anilines is 1. The number of halogens is 3. The van der Waals surface area contributed by atoms with Crippen LogP contribution in [0.5, 0.6) is 0 Å². The van der Waals surface area contributed by atoms with Gasteiger partial charge in [-0.25, -0.2) is 4.98 Å². The van der Waals surface area contributed by atoms with Crippen LogP contribution in [0.15, 0.2) is 22.9 Å². The van der Waals surface area contributed by atoms with Gasteiger partial charge in [-0.3, -0.25) is 0 Å². The number of nitrogens with one attached hydrogen (secondary N) is 1. The summed E-state index contributed by atoms with van der Waals surface area (Å²) in [6, 6.07) is 1.86. The lowest BCUT2D eigenvalue weighted by molar-refractivity contribution is -0.137. The van der Waals surface area contributed by atoms with Crippen molar-refractivity contribution in [3.63, 3.8) is 0 Å². The van der Waals surface area contributed by atoms with Crippen LogP contribution in [0.4, 0.5) is 19.0 Å². The second-order valence-corrected chi connectivity index (χ2v) is 4.50. The number of hydrogen-bond donors (Lipinski definition) is 1. The van der Waals surface area contributed by atoms with E-state index in [1.165, 1.54) is 12.3 Å². The van der Waals surface area contributed by atoms with Crippen molar-refractivity contribution in [3.8, 4) is 0 Å². The van der Waals surface area contributed by atoms with E-state index >= 15 is 0 Å². The van der Waals surface area contributed by atoms with Crippen LogP contribution in [0.1, 0.15) is 35.5 Å². The minimum absolute atomic E-state index is 0.201. The van der Waals surface area contributed by atoms with Crippen LogP contribution in [-0.4, -0.2) is 10.1 Å². The van der Waals surface area contributed by atoms with Gasteiger partial charge < -0.3 is 9.84 Å². The van der Waals surface area contributed by atoms with Crippen molar-refractivity contribution in [2.75, 3.05) is 5.32 Å². The Kier molecular flexibility index (Phi) is 3.69. The van der Waals surface area contributed by atoms with Gasteiger partial charge in [0.05, 0.1) is 17.3 Å². The summed E-state index contributed by atoms with van der Waals surface area (Å²) in [5.74, 6) is 0.375. The van der Waals surface area contributed by atoms with Gasteiger partial charge in [0.15, 0.2) is 0 Å².